The van der Waals surface area contributed by atoms with Crippen molar-refractivity contribution in [1.82, 2.24) is 0 Å². The Bertz CT molecular complexity index is 419. The van der Waals surface area contributed by atoms with E-state index >= 15 is 0 Å². The fraction of sp³-hybridized carbons (Fsp3) is 0.500. The van der Waals surface area contributed by atoms with Crippen LogP contribution in [0, 0.1) is 6.92 Å². The molecule has 106 valence electrons. The van der Waals surface area contributed by atoms with Crippen molar-refractivity contribution in [1.29, 1.82) is 0 Å². The van der Waals surface area contributed by atoms with Gasteiger partial charge in [0, 0.05) is 12.2 Å². The second-order valence-electron chi connectivity index (χ2n) is 4.53. The number of nitrogens with two attached hydrogens (primary N) is 1. The Morgan fingerprint density at radius 2 is 2.16 bits per heavy atom. The summed E-state index contributed by atoms with van der Waals surface area (Å²) >= 11 is 0. The minimum Gasteiger partial charge on any atom is -0.491 e. The van der Waals surface area contributed by atoms with Gasteiger partial charge in [0.25, 0.3) is 0 Å². The topological polar surface area (TPSA) is 73.6 Å². The van der Waals surface area contributed by atoms with E-state index in [0.717, 1.165) is 17.0 Å². The first-order valence-corrected chi connectivity index (χ1v) is 6.38. The van der Waals surface area contributed by atoms with Crippen LogP contribution in [0.25, 0.3) is 0 Å². The van der Waals surface area contributed by atoms with E-state index < -0.39 is 0 Å². The molecule has 0 aliphatic heterocycles. The van der Waals surface area contributed by atoms with E-state index in [1.54, 1.807) is 0 Å². The molecule has 5 heteroatoms. The van der Waals surface area contributed by atoms with Crippen LogP contribution in [0.4, 0.5) is 5.69 Å². The Morgan fingerprint density at radius 3 is 2.74 bits per heavy atom. The normalized spacial score (nSPS) is 10.6. The molecule has 0 fully saturated rings. The molecule has 0 bridgehead atoms. The summed E-state index contributed by atoms with van der Waals surface area (Å²) in [7, 11) is 0. The van der Waals surface area contributed by atoms with E-state index in [4.69, 9.17) is 15.2 Å². The van der Waals surface area contributed by atoms with Gasteiger partial charge in [0.15, 0.2) is 0 Å². The summed E-state index contributed by atoms with van der Waals surface area (Å²) < 4.78 is 10.7. The van der Waals surface area contributed by atoms with E-state index in [0.29, 0.717) is 13.2 Å². The molecule has 0 unspecified atom stereocenters. The Kier molecular flexibility index (Phi) is 6.32. The van der Waals surface area contributed by atoms with Crippen LogP contribution < -0.4 is 15.8 Å². The van der Waals surface area contributed by atoms with Crippen LogP contribution in [0.5, 0.6) is 5.75 Å². The SMILES string of the molecule is Cc1cc(OC(C)C)ccc1NC(=O)COCCN. The number of rotatable bonds is 7. The first kappa shape index (κ1) is 15.5. The lowest BCUT2D eigenvalue weighted by Crippen LogP contribution is -2.21. The number of carbonyl (C=O) groups is 1. The standard InChI is InChI=1S/C14H22N2O3/c1-10(2)19-12-4-5-13(11(3)8-12)16-14(17)9-18-7-6-15/h4-5,8,10H,6-7,9,15H2,1-3H3,(H,16,17). The van der Waals surface area contributed by atoms with Crippen molar-refractivity contribution in [2.75, 3.05) is 25.1 Å². The Labute approximate surface area is 114 Å². The quantitative estimate of drug-likeness (QED) is 0.737. The van der Waals surface area contributed by atoms with Crippen LogP contribution in [0.1, 0.15) is 19.4 Å². The molecule has 3 N–H and O–H groups in total. The molecule has 0 aliphatic rings. The fourth-order valence-corrected chi connectivity index (χ4v) is 1.56. The molecule has 0 saturated carbocycles. The van der Waals surface area contributed by atoms with Crippen LogP contribution in [0.3, 0.4) is 0 Å². The third-order valence-electron chi connectivity index (χ3n) is 2.34. The summed E-state index contributed by atoms with van der Waals surface area (Å²) in [5, 5.41) is 2.79. The van der Waals surface area contributed by atoms with E-state index in [1.807, 2.05) is 39.0 Å². The van der Waals surface area contributed by atoms with Crippen molar-refractivity contribution in [3.63, 3.8) is 0 Å². The molecular formula is C14H22N2O3. The highest BCUT2D eigenvalue weighted by Gasteiger charge is 2.06. The minimum absolute atomic E-state index is 0.0148. The summed E-state index contributed by atoms with van der Waals surface area (Å²) in [6.45, 7) is 6.67. The predicted molar refractivity (Wildman–Crippen MR) is 75.4 cm³/mol. The van der Waals surface area contributed by atoms with Crippen molar-refractivity contribution in [2.24, 2.45) is 5.73 Å². The second kappa shape index (κ2) is 7.76. The zero-order valence-corrected chi connectivity index (χ0v) is 11.7. The molecule has 19 heavy (non-hydrogen) atoms. The summed E-state index contributed by atoms with van der Waals surface area (Å²) in [6.07, 6.45) is 0.129. The molecule has 0 radical (unpaired) electrons. The molecule has 5 nitrogen and oxygen atoms in total. The maximum absolute atomic E-state index is 11.6. The largest absolute Gasteiger partial charge is 0.491 e. The molecule has 1 amide bonds. The van der Waals surface area contributed by atoms with Crippen LogP contribution in [-0.2, 0) is 9.53 Å². The van der Waals surface area contributed by atoms with Gasteiger partial charge in [0.1, 0.15) is 12.4 Å². The molecular weight excluding hydrogens is 244 g/mol. The van der Waals surface area contributed by atoms with Crippen LogP contribution >= 0.6 is 0 Å². The molecule has 1 aromatic carbocycles. The number of anilines is 1. The number of aryl methyl sites for hydroxylation is 1. The van der Waals surface area contributed by atoms with Crippen LogP contribution in [0.2, 0.25) is 0 Å². The van der Waals surface area contributed by atoms with Crippen molar-refractivity contribution in [3.05, 3.63) is 23.8 Å². The van der Waals surface area contributed by atoms with Crippen molar-refractivity contribution in [3.8, 4) is 5.75 Å². The highest BCUT2D eigenvalue weighted by Crippen LogP contribution is 2.22. The molecule has 0 heterocycles. The maximum Gasteiger partial charge on any atom is 0.250 e. The van der Waals surface area contributed by atoms with Gasteiger partial charge in [0.05, 0.1) is 12.7 Å². The van der Waals surface area contributed by atoms with Crippen molar-refractivity contribution >= 4 is 11.6 Å². The number of nitrogens with one attached hydrogen (secondary N) is 1. The fourth-order valence-electron chi connectivity index (χ4n) is 1.56. The van der Waals surface area contributed by atoms with Crippen LogP contribution in [0.15, 0.2) is 18.2 Å². The van der Waals surface area contributed by atoms with Gasteiger partial charge in [0.2, 0.25) is 5.91 Å². The van der Waals surface area contributed by atoms with E-state index in [1.165, 1.54) is 0 Å². The van der Waals surface area contributed by atoms with Gasteiger partial charge in [-0.1, -0.05) is 0 Å². The Hall–Kier alpha value is -1.59. The Morgan fingerprint density at radius 1 is 1.42 bits per heavy atom. The molecule has 0 spiro atoms. The van der Waals surface area contributed by atoms with Gasteiger partial charge < -0.3 is 20.5 Å². The number of ether oxygens (including phenoxy) is 2. The third kappa shape index (κ3) is 5.72. The van der Waals surface area contributed by atoms with Crippen LogP contribution in [-0.4, -0.2) is 31.8 Å². The second-order valence-corrected chi connectivity index (χ2v) is 4.53. The molecule has 1 rings (SSSR count). The number of carbonyl (C=O) groups excluding carboxylic acids is 1. The molecule has 0 atom stereocenters. The monoisotopic (exact) mass is 266 g/mol. The lowest BCUT2D eigenvalue weighted by atomic mass is 10.2. The molecule has 0 aromatic heterocycles. The average Bonchev–Trinajstić information content (AvgIpc) is 2.32. The summed E-state index contributed by atoms with van der Waals surface area (Å²) in [5.41, 5.74) is 6.99. The smallest absolute Gasteiger partial charge is 0.250 e. The highest BCUT2D eigenvalue weighted by atomic mass is 16.5. The molecule has 1 aromatic rings. The van der Waals surface area contributed by atoms with Crippen molar-refractivity contribution < 1.29 is 14.3 Å². The summed E-state index contributed by atoms with van der Waals surface area (Å²) in [5.74, 6) is 0.610. The van der Waals surface area contributed by atoms with Gasteiger partial charge >= 0.3 is 0 Å². The number of amides is 1. The van der Waals surface area contributed by atoms with E-state index in [2.05, 4.69) is 5.32 Å². The third-order valence-corrected chi connectivity index (χ3v) is 2.34. The van der Waals surface area contributed by atoms with Gasteiger partial charge in [-0.05, 0) is 44.5 Å². The summed E-state index contributed by atoms with van der Waals surface area (Å²) in [4.78, 5) is 11.6. The highest BCUT2D eigenvalue weighted by molar-refractivity contribution is 5.92. The van der Waals surface area contributed by atoms with Gasteiger partial charge in [-0.3, -0.25) is 4.79 Å². The Balaban J connectivity index is 2.57. The number of hydrogen-bond acceptors (Lipinski definition) is 4. The first-order valence-electron chi connectivity index (χ1n) is 6.38. The minimum atomic E-state index is -0.186. The molecule has 0 aliphatic carbocycles. The number of benzene rings is 1. The zero-order chi connectivity index (χ0) is 14.3. The van der Waals surface area contributed by atoms with E-state index in [9.17, 15) is 4.79 Å². The molecule has 0 saturated heterocycles. The zero-order valence-electron chi connectivity index (χ0n) is 11.7. The van der Waals surface area contributed by atoms with Gasteiger partial charge in [-0.25, -0.2) is 0 Å². The first-order chi connectivity index (χ1) is 9.02. The van der Waals surface area contributed by atoms with E-state index in [-0.39, 0.29) is 18.6 Å². The lowest BCUT2D eigenvalue weighted by molar-refractivity contribution is -0.120. The van der Waals surface area contributed by atoms with Gasteiger partial charge in [-0.15, -0.1) is 0 Å². The average molecular weight is 266 g/mol. The van der Waals surface area contributed by atoms with Gasteiger partial charge in [-0.2, -0.15) is 0 Å². The van der Waals surface area contributed by atoms with Crippen molar-refractivity contribution in [2.45, 2.75) is 26.9 Å². The lowest BCUT2D eigenvalue weighted by Gasteiger charge is -2.13. The number of hydrogen-bond donors (Lipinski definition) is 2. The summed E-state index contributed by atoms with van der Waals surface area (Å²) in [6, 6.07) is 5.56. The maximum atomic E-state index is 11.6. The predicted octanol–water partition coefficient (Wildman–Crippen LogP) is 1.70.